The first-order valence-corrected chi connectivity index (χ1v) is 8.27. The lowest BCUT2D eigenvalue weighted by atomic mass is 10.0. The van der Waals surface area contributed by atoms with Crippen molar-refractivity contribution in [1.82, 2.24) is 0 Å². The van der Waals surface area contributed by atoms with Crippen molar-refractivity contribution in [3.05, 3.63) is 0 Å². The average molecular weight is 412 g/mol. The van der Waals surface area contributed by atoms with Crippen LogP contribution in [0.3, 0.4) is 0 Å². The number of halogens is 9. The highest BCUT2D eigenvalue weighted by Crippen LogP contribution is 2.53. The second-order valence-corrected chi connectivity index (χ2v) is 8.16. The van der Waals surface area contributed by atoms with Crippen LogP contribution in [-0.4, -0.2) is 83.0 Å². The topological polar surface area (TPSA) is 37.3 Å². The minimum atomic E-state index is -6.95. The third kappa shape index (κ3) is 6.27. The molecule has 0 bridgehead atoms. The zero-order chi connectivity index (χ0) is 20.5. The van der Waals surface area contributed by atoms with E-state index in [1.165, 1.54) is 0 Å². The summed E-state index contributed by atoms with van der Waals surface area (Å²) >= 11 is 0. The van der Waals surface area contributed by atoms with Gasteiger partial charge in [-0.2, -0.15) is 39.5 Å². The molecule has 0 aliphatic carbocycles. The van der Waals surface area contributed by atoms with E-state index in [1.54, 1.807) is 21.1 Å². The second-order valence-electron chi connectivity index (χ2n) is 6.54. The molecule has 25 heavy (non-hydrogen) atoms. The van der Waals surface area contributed by atoms with Crippen molar-refractivity contribution < 1.29 is 53.3 Å². The van der Waals surface area contributed by atoms with Gasteiger partial charge in [-0.1, -0.05) is 0 Å². The van der Waals surface area contributed by atoms with E-state index in [0.717, 1.165) is 0 Å². The molecule has 3 nitrogen and oxygen atoms in total. The molecular formula is C12H19F9NO2S+. The van der Waals surface area contributed by atoms with Crippen molar-refractivity contribution in [2.75, 3.05) is 39.2 Å². The molecule has 2 unspecified atom stereocenters. The van der Waals surface area contributed by atoms with Crippen molar-refractivity contribution in [2.45, 2.75) is 36.5 Å². The van der Waals surface area contributed by atoms with Gasteiger partial charge in [0.25, 0.3) is 0 Å². The molecule has 0 heterocycles. The Labute approximate surface area is 140 Å². The maximum absolute atomic E-state index is 13.3. The lowest BCUT2D eigenvalue weighted by Gasteiger charge is -2.33. The van der Waals surface area contributed by atoms with E-state index in [1.807, 2.05) is 0 Å². The van der Waals surface area contributed by atoms with Crippen molar-refractivity contribution in [3.63, 3.8) is 0 Å². The van der Waals surface area contributed by atoms with E-state index >= 15 is 0 Å². The highest BCUT2D eigenvalue weighted by Gasteiger charge is 2.81. The molecule has 0 fully saturated rings. The third-order valence-corrected chi connectivity index (χ3v) is 4.41. The molecule has 0 aromatic heterocycles. The van der Waals surface area contributed by atoms with Crippen molar-refractivity contribution >= 4 is 10.8 Å². The van der Waals surface area contributed by atoms with E-state index in [0.29, 0.717) is 0 Å². The molecule has 0 amide bonds. The fourth-order valence-electron chi connectivity index (χ4n) is 1.79. The lowest BCUT2D eigenvalue weighted by Crippen LogP contribution is -2.61. The van der Waals surface area contributed by atoms with Crippen molar-refractivity contribution in [2.24, 2.45) is 0 Å². The van der Waals surface area contributed by atoms with Gasteiger partial charge in [-0.25, -0.2) is 0 Å². The predicted molar refractivity (Wildman–Crippen MR) is 72.3 cm³/mol. The molecule has 0 rings (SSSR count). The van der Waals surface area contributed by atoms with E-state index in [9.17, 15) is 48.8 Å². The molecular weight excluding hydrogens is 393 g/mol. The molecule has 0 saturated carbocycles. The highest BCUT2D eigenvalue weighted by molar-refractivity contribution is 7.85. The number of nitrogens with zero attached hydrogens (tertiary/aromatic N) is 1. The van der Waals surface area contributed by atoms with Gasteiger partial charge in [0.1, 0.15) is 12.6 Å². The molecule has 0 aromatic rings. The first-order valence-electron chi connectivity index (χ1n) is 6.78. The number of rotatable bonds is 9. The zero-order valence-corrected chi connectivity index (χ0v) is 14.3. The fraction of sp³-hybridized carbons (Fsp3) is 1.00. The lowest BCUT2D eigenvalue weighted by molar-refractivity contribution is -0.873. The number of aliphatic hydroxyl groups excluding tert-OH is 1. The molecule has 0 spiro atoms. The van der Waals surface area contributed by atoms with Crippen LogP contribution in [0.15, 0.2) is 0 Å². The normalized spacial score (nSPS) is 17.5. The first-order chi connectivity index (χ1) is 10.7. The first kappa shape index (κ1) is 24.4. The van der Waals surface area contributed by atoms with Gasteiger partial charge < -0.3 is 9.59 Å². The monoisotopic (exact) mass is 412 g/mol. The van der Waals surface area contributed by atoms with Crippen LogP contribution in [0.25, 0.3) is 0 Å². The number of hydrogen-bond donors (Lipinski definition) is 1. The maximum Gasteiger partial charge on any atom is 0.460 e. The summed E-state index contributed by atoms with van der Waals surface area (Å²) in [6.45, 7) is 0.0322. The van der Waals surface area contributed by atoms with Gasteiger partial charge in [-0.15, -0.1) is 0 Å². The van der Waals surface area contributed by atoms with Crippen LogP contribution >= 0.6 is 0 Å². The van der Waals surface area contributed by atoms with Gasteiger partial charge >= 0.3 is 23.9 Å². The standard InChI is InChI=1S/C12H19F9NO2S/c1-22(2,3)6-8(23)7-25(24)5-4-9(13,14)10(15,16)11(17,18)12(19,20)21/h8,23H,4-7H2,1-3H3/q+1. The van der Waals surface area contributed by atoms with Crippen LogP contribution in [0, 0.1) is 0 Å². The van der Waals surface area contributed by atoms with Gasteiger partial charge in [0.2, 0.25) is 0 Å². The summed E-state index contributed by atoms with van der Waals surface area (Å²) in [7, 11) is 2.60. The molecule has 0 aliphatic rings. The molecule has 0 aromatic carbocycles. The Morgan fingerprint density at radius 2 is 1.36 bits per heavy atom. The Hall–Kier alpha value is -0.560. The maximum atomic E-state index is 13.3. The largest absolute Gasteiger partial charge is 0.460 e. The Kier molecular flexibility index (Phi) is 7.42. The Bertz CT molecular complexity index is 474. The van der Waals surface area contributed by atoms with Crippen molar-refractivity contribution in [3.8, 4) is 0 Å². The Morgan fingerprint density at radius 3 is 1.72 bits per heavy atom. The number of quaternary nitrogens is 1. The number of likely N-dealkylation sites (N-methyl/N-ethyl adjacent to an activating group) is 1. The van der Waals surface area contributed by atoms with E-state index in [-0.39, 0.29) is 11.0 Å². The van der Waals surface area contributed by atoms with E-state index in [4.69, 9.17) is 0 Å². The van der Waals surface area contributed by atoms with Crippen LogP contribution in [0.4, 0.5) is 39.5 Å². The molecule has 0 saturated heterocycles. The smallest absolute Gasteiger partial charge is 0.386 e. The van der Waals surface area contributed by atoms with Gasteiger partial charge in [-0.3, -0.25) is 4.21 Å². The SMILES string of the molecule is C[N+](C)(C)CC(O)CS(=O)CCC(F)(F)C(F)(F)C(F)(F)C(F)(F)F. The van der Waals surface area contributed by atoms with Crippen LogP contribution in [0.5, 0.6) is 0 Å². The Balaban J connectivity index is 4.95. The van der Waals surface area contributed by atoms with Crippen LogP contribution in [0.1, 0.15) is 6.42 Å². The summed E-state index contributed by atoms with van der Waals surface area (Å²) < 4.78 is 125. The summed E-state index contributed by atoms with van der Waals surface area (Å²) in [6, 6.07) is 0. The number of hydrogen-bond acceptors (Lipinski definition) is 2. The average Bonchev–Trinajstić information content (AvgIpc) is 2.32. The van der Waals surface area contributed by atoms with Crippen LogP contribution < -0.4 is 0 Å². The summed E-state index contributed by atoms with van der Waals surface area (Å²) in [5.41, 5.74) is 0. The van der Waals surface area contributed by atoms with Gasteiger partial charge in [0, 0.05) is 23.0 Å². The highest BCUT2D eigenvalue weighted by atomic mass is 32.2. The van der Waals surface area contributed by atoms with Crippen LogP contribution in [0.2, 0.25) is 0 Å². The zero-order valence-electron chi connectivity index (χ0n) is 13.5. The van der Waals surface area contributed by atoms with Gasteiger partial charge in [-0.05, 0) is 0 Å². The molecule has 0 radical (unpaired) electrons. The molecule has 0 aliphatic heterocycles. The number of aliphatic hydroxyl groups is 1. The van der Waals surface area contributed by atoms with E-state index < -0.39 is 58.8 Å². The second kappa shape index (κ2) is 7.59. The molecule has 2 atom stereocenters. The summed E-state index contributed by atoms with van der Waals surface area (Å²) in [4.78, 5) is 0. The predicted octanol–water partition coefficient (Wildman–Crippen LogP) is 2.66. The minimum absolute atomic E-state index is 0.0322. The third-order valence-electron chi connectivity index (χ3n) is 2.99. The van der Waals surface area contributed by atoms with Gasteiger partial charge in [0.15, 0.2) is 0 Å². The summed E-state index contributed by atoms with van der Waals surface area (Å²) in [6.07, 6.45) is -10.3. The van der Waals surface area contributed by atoms with E-state index in [2.05, 4.69) is 0 Å². The summed E-state index contributed by atoms with van der Waals surface area (Å²) in [5.74, 6) is -21.3. The van der Waals surface area contributed by atoms with Crippen molar-refractivity contribution in [1.29, 1.82) is 0 Å². The van der Waals surface area contributed by atoms with Crippen LogP contribution in [-0.2, 0) is 10.8 Å². The summed E-state index contributed by atoms with van der Waals surface area (Å²) in [5, 5.41) is 9.57. The number of alkyl halides is 9. The molecule has 1 N–H and O–H groups in total. The fourth-order valence-corrected chi connectivity index (χ4v) is 2.97. The Morgan fingerprint density at radius 1 is 0.920 bits per heavy atom. The van der Waals surface area contributed by atoms with Gasteiger partial charge in [0.05, 0.1) is 26.9 Å². The molecule has 152 valence electrons. The molecule has 13 heteroatoms. The minimum Gasteiger partial charge on any atom is -0.386 e. The quantitative estimate of drug-likeness (QED) is 0.467.